The second kappa shape index (κ2) is 6.40. The molecular weight excluding hydrogens is 248 g/mol. The predicted octanol–water partition coefficient (Wildman–Crippen LogP) is 2.47. The average molecular weight is 274 g/mol. The van der Waals surface area contributed by atoms with E-state index in [1.54, 1.807) is 7.05 Å². The third-order valence-electron chi connectivity index (χ3n) is 4.29. The molecule has 1 amide bonds. The quantitative estimate of drug-likeness (QED) is 0.866. The van der Waals surface area contributed by atoms with Gasteiger partial charge in [-0.05, 0) is 50.2 Å². The molecular formula is C17H26N2O. The van der Waals surface area contributed by atoms with Crippen molar-refractivity contribution in [2.24, 2.45) is 5.41 Å². The maximum Gasteiger partial charge on any atom is 0.226 e. The van der Waals surface area contributed by atoms with Crippen LogP contribution in [0.5, 0.6) is 0 Å². The molecule has 3 nitrogen and oxygen atoms in total. The lowest BCUT2D eigenvalue weighted by Gasteiger charge is -2.28. The van der Waals surface area contributed by atoms with Gasteiger partial charge in [0.1, 0.15) is 0 Å². The lowest BCUT2D eigenvalue weighted by atomic mass is 9.82. The highest BCUT2D eigenvalue weighted by molar-refractivity contribution is 5.81. The fourth-order valence-electron chi connectivity index (χ4n) is 3.04. The van der Waals surface area contributed by atoms with Gasteiger partial charge in [0, 0.05) is 20.1 Å². The Labute approximate surface area is 122 Å². The minimum Gasteiger partial charge on any atom is -0.359 e. The molecule has 0 saturated heterocycles. The van der Waals surface area contributed by atoms with Gasteiger partial charge in [-0.3, -0.25) is 4.79 Å². The first-order valence-corrected chi connectivity index (χ1v) is 7.55. The van der Waals surface area contributed by atoms with Crippen LogP contribution in [0, 0.1) is 5.41 Å². The number of rotatable bonds is 5. The van der Waals surface area contributed by atoms with Gasteiger partial charge in [0.15, 0.2) is 0 Å². The Balaban J connectivity index is 1.91. The molecule has 2 N–H and O–H groups in total. The Morgan fingerprint density at radius 3 is 2.85 bits per heavy atom. The number of carbonyl (C=O) groups is 1. The molecule has 3 heteroatoms. The summed E-state index contributed by atoms with van der Waals surface area (Å²) >= 11 is 0. The van der Waals surface area contributed by atoms with E-state index in [1.165, 1.54) is 30.4 Å². The maximum atomic E-state index is 11.8. The van der Waals surface area contributed by atoms with Gasteiger partial charge in [-0.25, -0.2) is 0 Å². The highest BCUT2D eigenvalue weighted by atomic mass is 16.2. The summed E-state index contributed by atoms with van der Waals surface area (Å²) in [6, 6.07) is 8.76. The number of hydrogen-bond acceptors (Lipinski definition) is 2. The Kier molecular flexibility index (Phi) is 4.81. The summed E-state index contributed by atoms with van der Waals surface area (Å²) in [6.07, 6.45) is 3.71. The second-order valence-electron chi connectivity index (χ2n) is 6.38. The van der Waals surface area contributed by atoms with Crippen molar-refractivity contribution in [2.75, 3.05) is 20.1 Å². The molecule has 0 bridgehead atoms. The highest BCUT2D eigenvalue weighted by Gasteiger charge is 2.27. The van der Waals surface area contributed by atoms with Gasteiger partial charge in [-0.2, -0.15) is 0 Å². The summed E-state index contributed by atoms with van der Waals surface area (Å²) in [6.45, 7) is 5.63. The van der Waals surface area contributed by atoms with Crippen molar-refractivity contribution < 1.29 is 4.79 Å². The third-order valence-corrected chi connectivity index (χ3v) is 4.29. The van der Waals surface area contributed by atoms with Gasteiger partial charge >= 0.3 is 0 Å². The molecule has 1 aromatic rings. The minimum absolute atomic E-state index is 0.0917. The fourth-order valence-corrected chi connectivity index (χ4v) is 3.04. The highest BCUT2D eigenvalue weighted by Crippen LogP contribution is 2.30. The van der Waals surface area contributed by atoms with Gasteiger partial charge in [-0.1, -0.05) is 24.3 Å². The molecule has 1 aliphatic carbocycles. The van der Waals surface area contributed by atoms with Crippen LogP contribution < -0.4 is 10.6 Å². The summed E-state index contributed by atoms with van der Waals surface area (Å²) in [5, 5.41) is 6.22. The van der Waals surface area contributed by atoms with Gasteiger partial charge in [0.25, 0.3) is 0 Å². The van der Waals surface area contributed by atoms with E-state index in [0.29, 0.717) is 12.5 Å². The lowest BCUT2D eigenvalue weighted by molar-refractivity contribution is -0.128. The minimum atomic E-state index is -0.358. The van der Waals surface area contributed by atoms with E-state index < -0.39 is 0 Å². The van der Waals surface area contributed by atoms with E-state index in [4.69, 9.17) is 0 Å². The topological polar surface area (TPSA) is 41.1 Å². The van der Waals surface area contributed by atoms with Crippen molar-refractivity contribution >= 4 is 5.91 Å². The zero-order chi connectivity index (χ0) is 14.6. The van der Waals surface area contributed by atoms with Crippen LogP contribution in [0.15, 0.2) is 24.3 Å². The largest absolute Gasteiger partial charge is 0.359 e. The van der Waals surface area contributed by atoms with Crippen LogP contribution in [0.25, 0.3) is 0 Å². The summed E-state index contributed by atoms with van der Waals surface area (Å²) in [4.78, 5) is 11.8. The molecule has 0 aliphatic heterocycles. The molecule has 0 aromatic heterocycles. The summed E-state index contributed by atoms with van der Waals surface area (Å²) in [7, 11) is 1.70. The number of carbonyl (C=O) groups excluding carboxylic acids is 1. The molecule has 1 unspecified atom stereocenters. The van der Waals surface area contributed by atoms with E-state index in [2.05, 4.69) is 34.9 Å². The van der Waals surface area contributed by atoms with Gasteiger partial charge in [0.05, 0.1) is 5.41 Å². The van der Waals surface area contributed by atoms with Crippen LogP contribution in [-0.2, 0) is 11.2 Å². The van der Waals surface area contributed by atoms with Crippen LogP contribution in [0.3, 0.4) is 0 Å². The first-order valence-electron chi connectivity index (χ1n) is 7.55. The van der Waals surface area contributed by atoms with Crippen molar-refractivity contribution in [3.8, 4) is 0 Å². The lowest BCUT2D eigenvalue weighted by Crippen LogP contribution is -2.43. The molecule has 1 aliphatic rings. The molecule has 0 fully saturated rings. The van der Waals surface area contributed by atoms with Gasteiger partial charge in [0.2, 0.25) is 5.91 Å². The molecule has 1 aromatic carbocycles. The van der Waals surface area contributed by atoms with Crippen LogP contribution in [0.4, 0.5) is 0 Å². The van der Waals surface area contributed by atoms with Crippen molar-refractivity contribution in [1.82, 2.24) is 10.6 Å². The van der Waals surface area contributed by atoms with Gasteiger partial charge < -0.3 is 10.6 Å². The van der Waals surface area contributed by atoms with E-state index in [-0.39, 0.29) is 11.3 Å². The van der Waals surface area contributed by atoms with E-state index in [1.807, 2.05) is 13.8 Å². The standard InChI is InChI=1S/C17H26N2O/c1-17(2,16(20)18-3)12-19-11-14-9-6-8-13-7-4-5-10-15(13)14/h4-5,7,10,14,19H,6,8-9,11-12H2,1-3H3,(H,18,20). The van der Waals surface area contributed by atoms with E-state index >= 15 is 0 Å². The van der Waals surface area contributed by atoms with Crippen LogP contribution in [0.2, 0.25) is 0 Å². The SMILES string of the molecule is CNC(=O)C(C)(C)CNCC1CCCc2ccccc21. The van der Waals surface area contributed by atoms with Crippen molar-refractivity contribution in [3.05, 3.63) is 35.4 Å². The molecule has 2 rings (SSSR count). The van der Waals surface area contributed by atoms with Crippen LogP contribution in [0.1, 0.15) is 43.7 Å². The summed E-state index contributed by atoms with van der Waals surface area (Å²) in [5.41, 5.74) is 2.63. The maximum absolute atomic E-state index is 11.8. The first-order chi connectivity index (χ1) is 9.54. The molecule has 1 atom stereocenters. The zero-order valence-corrected chi connectivity index (χ0v) is 12.8. The summed E-state index contributed by atoms with van der Waals surface area (Å²) < 4.78 is 0. The summed E-state index contributed by atoms with van der Waals surface area (Å²) in [5.74, 6) is 0.675. The Hall–Kier alpha value is -1.35. The molecule has 0 saturated carbocycles. The third kappa shape index (κ3) is 3.40. The smallest absolute Gasteiger partial charge is 0.226 e. The Morgan fingerprint density at radius 1 is 1.35 bits per heavy atom. The van der Waals surface area contributed by atoms with E-state index in [0.717, 1.165) is 6.54 Å². The van der Waals surface area contributed by atoms with Crippen molar-refractivity contribution in [2.45, 2.75) is 39.0 Å². The number of benzene rings is 1. The zero-order valence-electron chi connectivity index (χ0n) is 12.8. The van der Waals surface area contributed by atoms with Crippen LogP contribution in [-0.4, -0.2) is 26.0 Å². The van der Waals surface area contributed by atoms with Crippen molar-refractivity contribution in [3.63, 3.8) is 0 Å². The first kappa shape index (κ1) is 15.0. The van der Waals surface area contributed by atoms with Crippen LogP contribution >= 0.6 is 0 Å². The number of hydrogen-bond donors (Lipinski definition) is 2. The molecule has 0 radical (unpaired) electrons. The molecule has 110 valence electrons. The molecule has 0 heterocycles. The Morgan fingerprint density at radius 2 is 2.10 bits per heavy atom. The number of aryl methyl sites for hydroxylation is 1. The average Bonchev–Trinajstić information content (AvgIpc) is 2.46. The monoisotopic (exact) mass is 274 g/mol. The molecule has 0 spiro atoms. The normalized spacial score (nSPS) is 18.4. The predicted molar refractivity (Wildman–Crippen MR) is 82.8 cm³/mol. The Bertz CT molecular complexity index is 468. The number of amides is 1. The molecule has 20 heavy (non-hydrogen) atoms. The number of nitrogens with one attached hydrogen (secondary N) is 2. The van der Waals surface area contributed by atoms with Gasteiger partial charge in [-0.15, -0.1) is 0 Å². The fraction of sp³-hybridized carbons (Fsp3) is 0.588. The number of fused-ring (bicyclic) bond motifs is 1. The van der Waals surface area contributed by atoms with E-state index in [9.17, 15) is 4.79 Å². The van der Waals surface area contributed by atoms with Crippen molar-refractivity contribution in [1.29, 1.82) is 0 Å². The second-order valence-corrected chi connectivity index (χ2v) is 6.38.